The van der Waals surface area contributed by atoms with Gasteiger partial charge in [-0.25, -0.2) is 4.98 Å². The van der Waals surface area contributed by atoms with Gasteiger partial charge in [0.15, 0.2) is 0 Å². The highest BCUT2D eigenvalue weighted by Gasteiger charge is 2.19. The van der Waals surface area contributed by atoms with Crippen LogP contribution in [0, 0.1) is 6.92 Å². The molecule has 0 spiro atoms. The summed E-state index contributed by atoms with van der Waals surface area (Å²) in [6.45, 7) is 5.72. The lowest BCUT2D eigenvalue weighted by molar-refractivity contribution is 0.281. The number of aliphatic hydroxyl groups is 1. The fraction of sp³-hybridized carbons (Fsp3) is 0.412. The molecule has 0 saturated heterocycles. The molecule has 2 N–H and O–H groups in total. The van der Waals surface area contributed by atoms with Gasteiger partial charge in [-0.1, -0.05) is 22.0 Å². The molecule has 6 heteroatoms. The van der Waals surface area contributed by atoms with Crippen molar-refractivity contribution in [2.75, 3.05) is 23.4 Å². The van der Waals surface area contributed by atoms with Crippen molar-refractivity contribution in [2.24, 2.45) is 0 Å². The maximum atomic E-state index is 9.18. The Morgan fingerprint density at radius 2 is 2.13 bits per heavy atom. The van der Waals surface area contributed by atoms with Crippen molar-refractivity contribution in [3.63, 3.8) is 0 Å². The second-order valence-corrected chi connectivity index (χ2v) is 6.92. The van der Waals surface area contributed by atoms with Crippen molar-refractivity contribution in [2.45, 2.75) is 32.9 Å². The first kappa shape index (κ1) is 16.2. The molecule has 1 aliphatic heterocycles. The van der Waals surface area contributed by atoms with Crippen LogP contribution in [0.15, 0.2) is 28.7 Å². The van der Waals surface area contributed by atoms with Crippen molar-refractivity contribution in [1.82, 2.24) is 9.97 Å². The number of hydrogen-bond donors (Lipinski definition) is 2. The van der Waals surface area contributed by atoms with Crippen molar-refractivity contribution in [1.29, 1.82) is 0 Å². The van der Waals surface area contributed by atoms with Gasteiger partial charge in [-0.15, -0.1) is 0 Å². The quantitative estimate of drug-likeness (QED) is 0.858. The normalized spacial score (nSPS) is 15.2. The number of anilines is 2. The van der Waals surface area contributed by atoms with Crippen LogP contribution in [0.2, 0.25) is 0 Å². The molecule has 1 aromatic heterocycles. The third kappa shape index (κ3) is 3.82. The van der Waals surface area contributed by atoms with Gasteiger partial charge in [-0.2, -0.15) is 4.98 Å². The lowest BCUT2D eigenvalue weighted by Gasteiger charge is -2.30. The number of nitrogens with zero attached hydrogens (tertiary/aromatic N) is 3. The Labute approximate surface area is 144 Å². The smallest absolute Gasteiger partial charge is 0.225 e. The first-order valence-electron chi connectivity index (χ1n) is 7.80. The van der Waals surface area contributed by atoms with E-state index in [-0.39, 0.29) is 12.6 Å². The van der Waals surface area contributed by atoms with Crippen LogP contribution in [0.3, 0.4) is 0 Å². The first-order valence-corrected chi connectivity index (χ1v) is 8.60. The van der Waals surface area contributed by atoms with E-state index in [1.54, 1.807) is 0 Å². The molecule has 23 heavy (non-hydrogen) atoms. The van der Waals surface area contributed by atoms with Crippen LogP contribution in [0.4, 0.5) is 11.8 Å². The minimum Gasteiger partial charge on any atom is -0.394 e. The highest BCUT2D eigenvalue weighted by Crippen LogP contribution is 2.26. The summed E-state index contributed by atoms with van der Waals surface area (Å²) in [5.41, 5.74) is 3.66. The second kappa shape index (κ2) is 6.84. The number of aryl methyl sites for hydroxylation is 1. The number of rotatable bonds is 4. The lowest BCUT2D eigenvalue weighted by Crippen LogP contribution is -2.31. The molecule has 0 unspecified atom stereocenters. The molecule has 0 aliphatic carbocycles. The molecule has 0 amide bonds. The SMILES string of the molecule is Cc1cc(N2CCc3cc(Br)ccc3C2)nc(N[C@H](C)CO)n1. The van der Waals surface area contributed by atoms with E-state index in [1.807, 2.05) is 19.9 Å². The molecule has 2 heterocycles. The summed E-state index contributed by atoms with van der Waals surface area (Å²) >= 11 is 3.54. The molecule has 0 bridgehead atoms. The zero-order valence-corrected chi connectivity index (χ0v) is 15.0. The number of aliphatic hydroxyl groups excluding tert-OH is 1. The number of nitrogens with one attached hydrogen (secondary N) is 1. The standard InChI is InChI=1S/C17H21BrN4O/c1-11-7-16(21-17(19-11)20-12(2)10-23)22-6-5-13-8-15(18)4-3-14(13)9-22/h3-4,7-8,12,23H,5-6,9-10H2,1-2H3,(H,19,20,21)/t12-/m1/s1. The van der Waals surface area contributed by atoms with Crippen molar-refractivity contribution in [3.05, 3.63) is 45.6 Å². The van der Waals surface area contributed by atoms with Gasteiger partial charge in [0.2, 0.25) is 5.95 Å². The summed E-state index contributed by atoms with van der Waals surface area (Å²) in [5.74, 6) is 1.50. The van der Waals surface area contributed by atoms with Crippen LogP contribution < -0.4 is 10.2 Å². The summed E-state index contributed by atoms with van der Waals surface area (Å²) in [4.78, 5) is 11.3. The zero-order valence-electron chi connectivity index (χ0n) is 13.4. The van der Waals surface area contributed by atoms with Gasteiger partial charge in [0.25, 0.3) is 0 Å². The van der Waals surface area contributed by atoms with Gasteiger partial charge in [0, 0.05) is 35.4 Å². The Hall–Kier alpha value is -1.66. The Balaban J connectivity index is 1.83. The molecule has 0 saturated carbocycles. The highest BCUT2D eigenvalue weighted by molar-refractivity contribution is 9.10. The van der Waals surface area contributed by atoms with Gasteiger partial charge in [-0.3, -0.25) is 0 Å². The Bertz CT molecular complexity index is 707. The summed E-state index contributed by atoms with van der Waals surface area (Å²) in [6, 6.07) is 8.41. The Morgan fingerprint density at radius 1 is 1.30 bits per heavy atom. The molecule has 5 nitrogen and oxygen atoms in total. The first-order chi connectivity index (χ1) is 11.0. The summed E-state index contributed by atoms with van der Waals surface area (Å²) in [6.07, 6.45) is 1.01. The van der Waals surface area contributed by atoms with Crippen LogP contribution in [0.25, 0.3) is 0 Å². The predicted octanol–water partition coefficient (Wildman–Crippen LogP) is 2.90. The van der Waals surface area contributed by atoms with Crippen molar-refractivity contribution >= 4 is 27.7 Å². The maximum absolute atomic E-state index is 9.18. The number of benzene rings is 1. The third-order valence-electron chi connectivity index (χ3n) is 3.99. The Kier molecular flexibility index (Phi) is 4.82. The number of halogens is 1. The number of hydrogen-bond acceptors (Lipinski definition) is 5. The zero-order chi connectivity index (χ0) is 16.4. The van der Waals surface area contributed by atoms with Gasteiger partial charge >= 0.3 is 0 Å². The lowest BCUT2D eigenvalue weighted by atomic mass is 10.00. The van der Waals surface area contributed by atoms with Crippen LogP contribution in [0.1, 0.15) is 23.7 Å². The van der Waals surface area contributed by atoms with Gasteiger partial charge in [0.05, 0.1) is 6.61 Å². The van der Waals surface area contributed by atoms with Crippen LogP contribution in [-0.4, -0.2) is 34.3 Å². The number of fused-ring (bicyclic) bond motifs is 1. The maximum Gasteiger partial charge on any atom is 0.225 e. The van der Waals surface area contributed by atoms with Crippen LogP contribution in [0.5, 0.6) is 0 Å². The van der Waals surface area contributed by atoms with Gasteiger partial charge < -0.3 is 15.3 Å². The van der Waals surface area contributed by atoms with E-state index >= 15 is 0 Å². The molecular weight excluding hydrogens is 356 g/mol. The topological polar surface area (TPSA) is 61.3 Å². The van der Waals surface area contributed by atoms with Crippen molar-refractivity contribution < 1.29 is 5.11 Å². The van der Waals surface area contributed by atoms with E-state index in [2.05, 4.69) is 54.3 Å². The second-order valence-electron chi connectivity index (χ2n) is 6.00. The fourth-order valence-corrected chi connectivity index (χ4v) is 3.17. The molecular formula is C17H21BrN4O. The van der Waals surface area contributed by atoms with E-state index in [0.29, 0.717) is 5.95 Å². The van der Waals surface area contributed by atoms with Crippen LogP contribution >= 0.6 is 15.9 Å². The van der Waals surface area contributed by atoms with E-state index in [0.717, 1.165) is 35.5 Å². The van der Waals surface area contributed by atoms with Gasteiger partial charge in [0.1, 0.15) is 5.82 Å². The van der Waals surface area contributed by atoms with E-state index in [9.17, 15) is 5.11 Å². The molecule has 0 fully saturated rings. The van der Waals surface area contributed by atoms with E-state index < -0.39 is 0 Å². The number of aromatic nitrogens is 2. The van der Waals surface area contributed by atoms with E-state index in [1.165, 1.54) is 11.1 Å². The molecule has 1 aromatic carbocycles. The van der Waals surface area contributed by atoms with Gasteiger partial charge in [-0.05, 0) is 43.5 Å². The third-order valence-corrected chi connectivity index (χ3v) is 4.49. The minimum absolute atomic E-state index is 0.0542. The average Bonchev–Trinajstić information content (AvgIpc) is 2.53. The minimum atomic E-state index is -0.0657. The fourth-order valence-electron chi connectivity index (χ4n) is 2.76. The van der Waals surface area contributed by atoms with E-state index in [4.69, 9.17) is 0 Å². The molecule has 3 rings (SSSR count). The summed E-state index contributed by atoms with van der Waals surface area (Å²) in [7, 11) is 0. The average molecular weight is 377 g/mol. The molecule has 2 aromatic rings. The molecule has 1 atom stereocenters. The van der Waals surface area contributed by atoms with Crippen LogP contribution in [-0.2, 0) is 13.0 Å². The molecule has 122 valence electrons. The van der Waals surface area contributed by atoms with Crippen molar-refractivity contribution in [3.8, 4) is 0 Å². The predicted molar refractivity (Wildman–Crippen MR) is 95.8 cm³/mol. The molecule has 0 radical (unpaired) electrons. The monoisotopic (exact) mass is 376 g/mol. The summed E-state index contributed by atoms with van der Waals surface area (Å²) < 4.78 is 1.13. The largest absolute Gasteiger partial charge is 0.394 e. The summed E-state index contributed by atoms with van der Waals surface area (Å²) in [5, 5.41) is 12.3. The Morgan fingerprint density at radius 3 is 2.91 bits per heavy atom. The molecule has 1 aliphatic rings. The highest BCUT2D eigenvalue weighted by atomic mass is 79.9.